The second kappa shape index (κ2) is 6.70. The van der Waals surface area contributed by atoms with Crippen LogP contribution in [0.5, 0.6) is 0 Å². The number of nitrogens with one attached hydrogen (secondary N) is 1. The Hall–Kier alpha value is -1.91. The summed E-state index contributed by atoms with van der Waals surface area (Å²) in [5.41, 5.74) is 0.569. The Labute approximate surface area is 124 Å². The highest BCUT2D eigenvalue weighted by Gasteiger charge is 2.38. The highest BCUT2D eigenvalue weighted by molar-refractivity contribution is 5.96. The SMILES string of the molecule is CCC1NC(=O)C(CC)N(CCc2ccccc2F)C1=O. The van der Waals surface area contributed by atoms with Gasteiger partial charge in [0.15, 0.2) is 0 Å². The van der Waals surface area contributed by atoms with E-state index < -0.39 is 12.1 Å². The molecule has 1 N–H and O–H groups in total. The molecule has 21 heavy (non-hydrogen) atoms. The van der Waals surface area contributed by atoms with Gasteiger partial charge in [0.25, 0.3) is 0 Å². The number of piperazine rings is 1. The predicted octanol–water partition coefficient (Wildman–Crippen LogP) is 1.88. The van der Waals surface area contributed by atoms with E-state index in [-0.39, 0.29) is 17.6 Å². The van der Waals surface area contributed by atoms with Gasteiger partial charge < -0.3 is 10.2 Å². The Bertz CT molecular complexity index is 533. The van der Waals surface area contributed by atoms with Crippen molar-refractivity contribution in [2.75, 3.05) is 6.54 Å². The van der Waals surface area contributed by atoms with E-state index in [2.05, 4.69) is 5.32 Å². The Morgan fingerprint density at radius 1 is 1.19 bits per heavy atom. The minimum Gasteiger partial charge on any atom is -0.343 e. The second-order valence-corrected chi connectivity index (χ2v) is 5.27. The largest absolute Gasteiger partial charge is 0.343 e. The lowest BCUT2D eigenvalue weighted by Crippen LogP contribution is -2.63. The molecule has 1 fully saturated rings. The summed E-state index contributed by atoms with van der Waals surface area (Å²) in [6.07, 6.45) is 1.54. The van der Waals surface area contributed by atoms with E-state index in [1.54, 1.807) is 23.1 Å². The Balaban J connectivity index is 2.12. The summed E-state index contributed by atoms with van der Waals surface area (Å²) in [4.78, 5) is 26.0. The number of carbonyl (C=O) groups excluding carboxylic acids is 2. The minimum atomic E-state index is -0.457. The van der Waals surface area contributed by atoms with Crippen molar-refractivity contribution in [3.63, 3.8) is 0 Å². The minimum absolute atomic E-state index is 0.0692. The van der Waals surface area contributed by atoms with Crippen molar-refractivity contribution < 1.29 is 14.0 Å². The van der Waals surface area contributed by atoms with Crippen LogP contribution in [0, 0.1) is 5.82 Å². The normalized spacial score (nSPS) is 22.3. The molecule has 0 aliphatic carbocycles. The fourth-order valence-corrected chi connectivity index (χ4v) is 2.72. The molecule has 0 bridgehead atoms. The first-order valence-corrected chi connectivity index (χ1v) is 7.42. The van der Waals surface area contributed by atoms with Crippen molar-refractivity contribution in [1.29, 1.82) is 0 Å². The molecule has 1 aliphatic heterocycles. The molecular weight excluding hydrogens is 271 g/mol. The maximum absolute atomic E-state index is 13.7. The average molecular weight is 292 g/mol. The third kappa shape index (κ3) is 3.23. The second-order valence-electron chi connectivity index (χ2n) is 5.27. The molecule has 1 aromatic carbocycles. The summed E-state index contributed by atoms with van der Waals surface area (Å²) in [5, 5.41) is 2.75. The molecule has 4 nitrogen and oxygen atoms in total. The van der Waals surface area contributed by atoms with Gasteiger partial charge in [0.1, 0.15) is 17.9 Å². The molecule has 1 saturated heterocycles. The molecule has 2 atom stereocenters. The van der Waals surface area contributed by atoms with Crippen molar-refractivity contribution in [3.8, 4) is 0 Å². The maximum Gasteiger partial charge on any atom is 0.245 e. The number of hydrogen-bond donors (Lipinski definition) is 1. The van der Waals surface area contributed by atoms with E-state index in [4.69, 9.17) is 0 Å². The lowest BCUT2D eigenvalue weighted by molar-refractivity contribution is -0.149. The Morgan fingerprint density at radius 2 is 1.90 bits per heavy atom. The molecular formula is C16H21FN2O2. The average Bonchev–Trinajstić information content (AvgIpc) is 2.49. The van der Waals surface area contributed by atoms with Crippen molar-refractivity contribution >= 4 is 11.8 Å². The molecule has 0 spiro atoms. The first-order valence-electron chi connectivity index (χ1n) is 7.42. The molecule has 1 heterocycles. The third-order valence-electron chi connectivity index (χ3n) is 3.95. The smallest absolute Gasteiger partial charge is 0.245 e. The van der Waals surface area contributed by atoms with E-state index in [0.29, 0.717) is 31.4 Å². The number of hydrogen-bond acceptors (Lipinski definition) is 2. The lowest BCUT2D eigenvalue weighted by atomic mass is 10.0. The fourth-order valence-electron chi connectivity index (χ4n) is 2.72. The molecule has 1 aromatic rings. The number of nitrogens with zero attached hydrogens (tertiary/aromatic N) is 1. The molecule has 0 radical (unpaired) electrons. The van der Waals surface area contributed by atoms with E-state index in [1.807, 2.05) is 13.8 Å². The van der Waals surface area contributed by atoms with Crippen molar-refractivity contribution in [2.24, 2.45) is 0 Å². The quantitative estimate of drug-likeness (QED) is 0.901. The first-order chi connectivity index (χ1) is 10.1. The van der Waals surface area contributed by atoms with E-state index in [0.717, 1.165) is 0 Å². The zero-order valence-corrected chi connectivity index (χ0v) is 12.4. The van der Waals surface area contributed by atoms with Gasteiger partial charge in [-0.3, -0.25) is 9.59 Å². The van der Waals surface area contributed by atoms with Gasteiger partial charge in [0.05, 0.1) is 0 Å². The lowest BCUT2D eigenvalue weighted by Gasteiger charge is -2.38. The van der Waals surface area contributed by atoms with Gasteiger partial charge in [-0.1, -0.05) is 32.0 Å². The number of amides is 2. The van der Waals surface area contributed by atoms with Crippen LogP contribution in [0.2, 0.25) is 0 Å². The zero-order valence-electron chi connectivity index (χ0n) is 12.4. The van der Waals surface area contributed by atoms with Crippen LogP contribution in [-0.2, 0) is 16.0 Å². The molecule has 2 amide bonds. The predicted molar refractivity (Wildman–Crippen MR) is 78.1 cm³/mol. The van der Waals surface area contributed by atoms with Crippen molar-refractivity contribution in [2.45, 2.75) is 45.2 Å². The third-order valence-corrected chi connectivity index (χ3v) is 3.95. The van der Waals surface area contributed by atoms with E-state index in [1.165, 1.54) is 6.07 Å². The summed E-state index contributed by atoms with van der Waals surface area (Å²) in [6, 6.07) is 5.62. The summed E-state index contributed by atoms with van der Waals surface area (Å²) < 4.78 is 13.7. The van der Waals surface area contributed by atoms with Crippen LogP contribution in [0.25, 0.3) is 0 Å². The van der Waals surface area contributed by atoms with Crippen LogP contribution in [-0.4, -0.2) is 35.3 Å². The molecule has 0 saturated carbocycles. The molecule has 5 heteroatoms. The van der Waals surface area contributed by atoms with Crippen LogP contribution in [0.15, 0.2) is 24.3 Å². The monoisotopic (exact) mass is 292 g/mol. The zero-order chi connectivity index (χ0) is 15.4. The van der Waals surface area contributed by atoms with Gasteiger partial charge in [-0.05, 0) is 30.9 Å². The van der Waals surface area contributed by atoms with Crippen LogP contribution in [0.4, 0.5) is 4.39 Å². The van der Waals surface area contributed by atoms with Crippen LogP contribution in [0.3, 0.4) is 0 Å². The molecule has 2 unspecified atom stereocenters. The molecule has 1 aliphatic rings. The number of halogens is 1. The highest BCUT2D eigenvalue weighted by Crippen LogP contribution is 2.16. The Kier molecular flexibility index (Phi) is 4.94. The van der Waals surface area contributed by atoms with Gasteiger partial charge in [-0.15, -0.1) is 0 Å². The van der Waals surface area contributed by atoms with Gasteiger partial charge in [0, 0.05) is 6.54 Å². The van der Waals surface area contributed by atoms with Gasteiger partial charge in [-0.25, -0.2) is 4.39 Å². The fraction of sp³-hybridized carbons (Fsp3) is 0.500. The summed E-state index contributed by atoms with van der Waals surface area (Å²) in [6.45, 7) is 4.10. The number of benzene rings is 1. The Morgan fingerprint density at radius 3 is 2.52 bits per heavy atom. The van der Waals surface area contributed by atoms with Gasteiger partial charge in [-0.2, -0.15) is 0 Å². The summed E-state index contributed by atoms with van der Waals surface area (Å²) in [5.74, 6) is -0.454. The number of carbonyl (C=O) groups is 2. The summed E-state index contributed by atoms with van der Waals surface area (Å²) >= 11 is 0. The summed E-state index contributed by atoms with van der Waals surface area (Å²) in [7, 11) is 0. The topological polar surface area (TPSA) is 49.4 Å². The maximum atomic E-state index is 13.7. The van der Waals surface area contributed by atoms with Gasteiger partial charge in [0.2, 0.25) is 11.8 Å². The van der Waals surface area contributed by atoms with Crippen molar-refractivity contribution in [1.82, 2.24) is 10.2 Å². The highest BCUT2D eigenvalue weighted by atomic mass is 19.1. The van der Waals surface area contributed by atoms with Crippen LogP contribution >= 0.6 is 0 Å². The molecule has 0 aromatic heterocycles. The first kappa shape index (κ1) is 15.5. The standard InChI is InChI=1S/C16H21FN2O2/c1-3-13-16(21)19(14(4-2)15(20)18-13)10-9-11-7-5-6-8-12(11)17/h5-8,13-14H,3-4,9-10H2,1-2H3,(H,18,20). The van der Waals surface area contributed by atoms with Crippen LogP contribution in [0.1, 0.15) is 32.3 Å². The molecule has 114 valence electrons. The van der Waals surface area contributed by atoms with Crippen molar-refractivity contribution in [3.05, 3.63) is 35.6 Å². The van der Waals surface area contributed by atoms with Gasteiger partial charge >= 0.3 is 0 Å². The van der Waals surface area contributed by atoms with E-state index in [9.17, 15) is 14.0 Å². The number of rotatable bonds is 5. The molecule has 2 rings (SSSR count). The van der Waals surface area contributed by atoms with E-state index >= 15 is 0 Å². The van der Waals surface area contributed by atoms with Crippen LogP contribution < -0.4 is 5.32 Å².